The lowest BCUT2D eigenvalue weighted by Gasteiger charge is -2.28. The molecule has 4 aromatic rings. The Kier molecular flexibility index (Phi) is 16.3. The van der Waals surface area contributed by atoms with Gasteiger partial charge in [0, 0.05) is 52.9 Å². The summed E-state index contributed by atoms with van der Waals surface area (Å²) in [6, 6.07) is 32.7. The fourth-order valence-electron chi connectivity index (χ4n) is 6.78. The van der Waals surface area contributed by atoms with Crippen LogP contribution >= 0.6 is 0 Å². The Morgan fingerprint density at radius 3 is 1.28 bits per heavy atom. The zero-order valence-electron chi connectivity index (χ0n) is 34.0. The number of likely N-dealkylation sites (N-methyl/N-ethyl adjacent to an activating group) is 2. The number of benzene rings is 4. The highest BCUT2D eigenvalue weighted by Crippen LogP contribution is 2.25. The molecule has 0 radical (unpaired) electrons. The lowest BCUT2D eigenvalue weighted by Crippen LogP contribution is -2.49. The van der Waals surface area contributed by atoms with E-state index in [-0.39, 0.29) is 35.8 Å². The molecule has 2 aliphatic heterocycles. The second-order valence-electron chi connectivity index (χ2n) is 14.7. The summed E-state index contributed by atoms with van der Waals surface area (Å²) < 4.78 is 12.1. The van der Waals surface area contributed by atoms with Crippen LogP contribution in [0.5, 0.6) is 11.5 Å². The Morgan fingerprint density at radius 1 is 0.517 bits per heavy atom. The molecule has 2 aliphatic rings. The van der Waals surface area contributed by atoms with Gasteiger partial charge in [0.2, 0.25) is 11.8 Å². The van der Waals surface area contributed by atoms with Crippen molar-refractivity contribution < 1.29 is 28.7 Å². The summed E-state index contributed by atoms with van der Waals surface area (Å²) in [7, 11) is 3.36. The molecule has 2 N–H and O–H groups in total. The van der Waals surface area contributed by atoms with E-state index in [2.05, 4.69) is 34.9 Å². The summed E-state index contributed by atoms with van der Waals surface area (Å²) in [6.07, 6.45) is 12.0. The van der Waals surface area contributed by atoms with Crippen LogP contribution in [0, 0.1) is 0 Å². The van der Waals surface area contributed by atoms with Crippen molar-refractivity contribution in [1.82, 2.24) is 20.4 Å². The molecule has 4 aromatic carbocycles. The van der Waals surface area contributed by atoms with Crippen LogP contribution in [0.3, 0.4) is 0 Å². The third-order valence-electron chi connectivity index (χ3n) is 10.1. The maximum absolute atomic E-state index is 13.3. The molecule has 2 heterocycles. The van der Waals surface area contributed by atoms with Crippen molar-refractivity contribution >= 4 is 23.6 Å². The van der Waals surface area contributed by atoms with Crippen molar-refractivity contribution in [3.63, 3.8) is 0 Å². The summed E-state index contributed by atoms with van der Waals surface area (Å²) in [5.41, 5.74) is 2.94. The Hall–Kier alpha value is -6.16. The summed E-state index contributed by atoms with van der Waals surface area (Å²) in [5.74, 6) is 0.333. The van der Waals surface area contributed by atoms with Gasteiger partial charge >= 0.3 is 0 Å². The van der Waals surface area contributed by atoms with Crippen LogP contribution in [0.2, 0.25) is 0 Å². The number of hydrogen-bond donors (Lipinski definition) is 2. The fraction of sp³-hybridized carbons (Fsp3) is 0.333. The Bertz CT molecular complexity index is 1870. The molecular weight excluding hydrogens is 729 g/mol. The van der Waals surface area contributed by atoms with Gasteiger partial charge in [-0.05, 0) is 62.1 Å². The van der Waals surface area contributed by atoms with Crippen molar-refractivity contribution in [2.45, 2.75) is 76.7 Å². The van der Waals surface area contributed by atoms with Crippen LogP contribution in [-0.4, -0.2) is 84.9 Å². The zero-order valence-corrected chi connectivity index (χ0v) is 34.0. The normalized spacial score (nSPS) is 22.1. The molecule has 0 saturated carbocycles. The molecular formula is C48H56N4O6. The molecule has 58 heavy (non-hydrogen) atoms. The van der Waals surface area contributed by atoms with E-state index < -0.39 is 12.1 Å². The number of hydrogen-bond acceptors (Lipinski definition) is 6. The van der Waals surface area contributed by atoms with Gasteiger partial charge in [-0.2, -0.15) is 0 Å². The van der Waals surface area contributed by atoms with Gasteiger partial charge in [0.05, 0.1) is 23.3 Å². The predicted molar refractivity (Wildman–Crippen MR) is 228 cm³/mol. The molecule has 6 rings (SSSR count). The number of carbonyl (C=O) groups is 4. The molecule has 10 nitrogen and oxygen atoms in total. The Labute approximate surface area is 342 Å². The monoisotopic (exact) mass is 784 g/mol. The summed E-state index contributed by atoms with van der Waals surface area (Å²) >= 11 is 0. The van der Waals surface area contributed by atoms with E-state index in [9.17, 15) is 19.2 Å². The molecule has 0 bridgehead atoms. The van der Waals surface area contributed by atoms with Gasteiger partial charge < -0.3 is 29.9 Å². The number of rotatable bonds is 4. The molecule has 304 valence electrons. The van der Waals surface area contributed by atoms with Crippen LogP contribution in [0.15, 0.2) is 133 Å². The first-order valence-corrected chi connectivity index (χ1v) is 20.1. The third-order valence-corrected chi connectivity index (χ3v) is 10.1. The number of ether oxygens (including phenoxy) is 2. The first-order chi connectivity index (χ1) is 28.1. The molecule has 0 fully saturated rings. The summed E-state index contributed by atoms with van der Waals surface area (Å²) in [4.78, 5) is 55.6. The Morgan fingerprint density at radius 2 is 0.879 bits per heavy atom. The zero-order chi connectivity index (χ0) is 41.3. The van der Waals surface area contributed by atoms with Crippen LogP contribution in [0.4, 0.5) is 0 Å². The average Bonchev–Trinajstić information content (AvgIpc) is 3.24. The van der Waals surface area contributed by atoms with E-state index in [0.717, 1.165) is 36.8 Å². The maximum atomic E-state index is 13.3. The third kappa shape index (κ3) is 12.4. The first-order valence-electron chi connectivity index (χ1n) is 20.1. The van der Waals surface area contributed by atoms with Gasteiger partial charge in [0.25, 0.3) is 11.8 Å². The number of fused-ring (bicyclic) bond motifs is 2. The van der Waals surface area contributed by atoms with E-state index in [1.807, 2.05) is 98.8 Å². The van der Waals surface area contributed by atoms with Crippen molar-refractivity contribution in [3.05, 3.63) is 156 Å². The number of carbonyl (C=O) groups excluding carboxylic acids is 4. The van der Waals surface area contributed by atoms with Crippen molar-refractivity contribution in [2.24, 2.45) is 0 Å². The van der Waals surface area contributed by atoms with E-state index in [1.165, 1.54) is 9.80 Å². The number of nitrogens with one attached hydrogen (secondary N) is 2. The highest BCUT2D eigenvalue weighted by molar-refractivity contribution is 6.00. The van der Waals surface area contributed by atoms with Crippen molar-refractivity contribution in [2.75, 3.05) is 27.2 Å². The lowest BCUT2D eigenvalue weighted by molar-refractivity contribution is -0.125. The lowest BCUT2D eigenvalue weighted by atomic mass is 10.0. The highest BCUT2D eigenvalue weighted by Gasteiger charge is 2.31. The van der Waals surface area contributed by atoms with Gasteiger partial charge in [-0.1, -0.05) is 109 Å². The first kappa shape index (κ1) is 43.0. The molecule has 0 aromatic heterocycles. The van der Waals surface area contributed by atoms with Gasteiger partial charge in [-0.15, -0.1) is 0 Å². The Balaban J connectivity index is 0.000000221. The van der Waals surface area contributed by atoms with Crippen LogP contribution in [-0.2, 0) is 22.4 Å². The van der Waals surface area contributed by atoms with Gasteiger partial charge in [0.15, 0.2) is 0 Å². The number of amides is 4. The quantitative estimate of drug-likeness (QED) is 0.212. The fourth-order valence-corrected chi connectivity index (χ4v) is 6.78. The predicted octanol–water partition coefficient (Wildman–Crippen LogP) is 7.21. The van der Waals surface area contributed by atoms with Crippen molar-refractivity contribution in [1.29, 1.82) is 0 Å². The molecule has 0 aliphatic carbocycles. The summed E-state index contributed by atoms with van der Waals surface area (Å²) in [6.45, 7) is 5.05. The molecule has 0 spiro atoms. The smallest absolute Gasteiger partial charge is 0.258 e. The second kappa shape index (κ2) is 22.0. The van der Waals surface area contributed by atoms with Gasteiger partial charge in [0.1, 0.15) is 23.6 Å². The minimum atomic E-state index is -0.609. The second-order valence-corrected chi connectivity index (χ2v) is 14.7. The average molecular weight is 785 g/mol. The maximum Gasteiger partial charge on any atom is 0.258 e. The molecule has 10 heteroatoms. The van der Waals surface area contributed by atoms with E-state index in [1.54, 1.807) is 38.4 Å². The van der Waals surface area contributed by atoms with Gasteiger partial charge in [-0.25, -0.2) is 0 Å². The molecule has 0 saturated heterocycles. The minimum absolute atomic E-state index is 0.0526. The van der Waals surface area contributed by atoms with E-state index in [4.69, 9.17) is 9.47 Å². The topological polar surface area (TPSA) is 117 Å². The number of para-hydroxylation sites is 2. The minimum Gasteiger partial charge on any atom is -0.490 e. The van der Waals surface area contributed by atoms with Crippen LogP contribution in [0.1, 0.15) is 71.4 Å². The number of nitrogens with zero attached hydrogens (tertiary/aromatic N) is 2. The van der Waals surface area contributed by atoms with Gasteiger partial charge in [-0.3, -0.25) is 19.2 Å². The van der Waals surface area contributed by atoms with E-state index in [0.29, 0.717) is 48.6 Å². The van der Waals surface area contributed by atoms with Crippen molar-refractivity contribution in [3.8, 4) is 11.5 Å². The highest BCUT2D eigenvalue weighted by atomic mass is 16.5. The van der Waals surface area contributed by atoms with Crippen LogP contribution < -0.4 is 20.1 Å². The molecule has 0 unspecified atom stereocenters. The standard InChI is InChI=1S/2C24H28N2O3/c2*1-18-11-5-4-10-16-25-23(27)21(17-19-12-6-3-7-13-19)26(2)24(28)20-14-8-9-15-22(20)29-18/h2*3-9,12-15,18,21H,10-11,16-17H2,1-2H3,(H,25,27)/b5-4+;5-4-/t2*18-,21+/m00/s1. The van der Waals surface area contributed by atoms with E-state index >= 15 is 0 Å². The van der Waals surface area contributed by atoms with Crippen LogP contribution in [0.25, 0.3) is 0 Å². The molecule has 4 atom stereocenters. The summed E-state index contributed by atoms with van der Waals surface area (Å²) in [5, 5.41) is 5.96. The molecule has 4 amide bonds. The largest absolute Gasteiger partial charge is 0.490 e. The SMILES string of the molecule is C[C@H]1C/C=C/CCNC(=O)[C@@H](Cc2ccccc2)N(C)C(=O)c2ccccc2O1.C[C@H]1C/C=C\CCNC(=O)[C@@H](Cc2ccccc2)N(C)C(=O)c2ccccc2O1.